The zero-order chi connectivity index (χ0) is 17.4. The molecule has 1 aromatic rings. The van der Waals surface area contributed by atoms with E-state index in [1.54, 1.807) is 0 Å². The molecule has 26 heavy (non-hydrogen) atoms. The number of hydrogen-bond acceptors (Lipinski definition) is 4. The van der Waals surface area contributed by atoms with Crippen LogP contribution in [-0.2, 0) is 24.1 Å². The normalized spacial score (nSPS) is 29.2. The van der Waals surface area contributed by atoms with E-state index in [9.17, 15) is 4.79 Å². The van der Waals surface area contributed by atoms with Crippen LogP contribution in [-0.4, -0.2) is 34.5 Å². The van der Waals surface area contributed by atoms with Gasteiger partial charge in [-0.2, -0.15) is 0 Å². The Labute approximate surface area is 162 Å². The fraction of sp³-hybridized carbons (Fsp3) is 0.750. The summed E-state index contributed by atoms with van der Waals surface area (Å²) in [6, 6.07) is 0.909. The first kappa shape index (κ1) is 19.6. The van der Waals surface area contributed by atoms with Gasteiger partial charge in [-0.05, 0) is 63.9 Å². The summed E-state index contributed by atoms with van der Waals surface area (Å²) in [6.07, 6.45) is 9.67. The van der Waals surface area contributed by atoms with Crippen LogP contribution in [0.3, 0.4) is 0 Å². The first-order chi connectivity index (χ1) is 12.1. The maximum atomic E-state index is 12.9. The highest BCUT2D eigenvalue weighted by Crippen LogP contribution is 2.45. The van der Waals surface area contributed by atoms with Gasteiger partial charge in [0.2, 0.25) is 5.91 Å². The lowest BCUT2D eigenvalue weighted by Crippen LogP contribution is -2.48. The zero-order valence-electron chi connectivity index (χ0n) is 15.9. The van der Waals surface area contributed by atoms with Crippen LogP contribution in [0.4, 0.5) is 0 Å². The van der Waals surface area contributed by atoms with Crippen LogP contribution in [0.15, 0.2) is 0 Å². The van der Waals surface area contributed by atoms with E-state index in [1.807, 2.05) is 0 Å². The smallest absolute Gasteiger partial charge is 0.227 e. The van der Waals surface area contributed by atoms with Crippen molar-refractivity contribution in [2.24, 2.45) is 5.41 Å². The molecular formula is C20H31ClN4O. The molecule has 0 aromatic carbocycles. The van der Waals surface area contributed by atoms with E-state index in [2.05, 4.69) is 29.5 Å². The van der Waals surface area contributed by atoms with E-state index in [0.717, 1.165) is 50.0 Å². The molecule has 144 valence electrons. The molecule has 5 nitrogen and oxygen atoms in total. The third-order valence-electron chi connectivity index (χ3n) is 6.67. The molecule has 2 bridgehead atoms. The number of fused-ring (bicyclic) bond motifs is 3. The van der Waals surface area contributed by atoms with Crippen molar-refractivity contribution in [3.63, 3.8) is 0 Å². The number of nitrogens with one attached hydrogen (secondary N) is 2. The second kappa shape index (κ2) is 7.81. The topological polar surface area (TPSA) is 66.9 Å². The van der Waals surface area contributed by atoms with Gasteiger partial charge in [0.05, 0.1) is 5.41 Å². The number of carbonyl (C=O) groups excluding carboxylic acids is 1. The Bertz CT molecular complexity index is 680. The largest absolute Gasteiger partial charge is 0.355 e. The maximum absolute atomic E-state index is 12.9. The molecule has 0 spiro atoms. The second-order valence-electron chi connectivity index (χ2n) is 8.07. The fourth-order valence-corrected chi connectivity index (χ4v) is 5.22. The maximum Gasteiger partial charge on any atom is 0.227 e. The minimum absolute atomic E-state index is 0. The lowest BCUT2D eigenvalue weighted by atomic mass is 9.71. The van der Waals surface area contributed by atoms with Crippen LogP contribution < -0.4 is 10.6 Å². The number of amides is 1. The van der Waals surface area contributed by atoms with Gasteiger partial charge in [0.25, 0.3) is 0 Å². The van der Waals surface area contributed by atoms with E-state index in [0.29, 0.717) is 18.6 Å². The monoisotopic (exact) mass is 378 g/mol. The molecule has 3 heterocycles. The lowest BCUT2D eigenvalue weighted by molar-refractivity contribution is -0.132. The molecule has 2 saturated heterocycles. The van der Waals surface area contributed by atoms with Gasteiger partial charge < -0.3 is 10.6 Å². The molecule has 1 amide bonds. The first-order valence-electron chi connectivity index (χ1n) is 10.0. The Hall–Kier alpha value is -1.20. The molecule has 2 aliphatic heterocycles. The standard InChI is InChI=1S/C20H30N4O.ClH/c1-3-20(12-14-8-9-17(20)23-14)19(25)21-11-10-18-22-13(2)15-6-4-5-7-16(15)24-18;/h14,17,23H,3-12H2,1-2H3,(H,21,25);1H/t14-,17+,20+;/m0./s1. The van der Waals surface area contributed by atoms with Gasteiger partial charge in [-0.25, -0.2) is 9.97 Å². The van der Waals surface area contributed by atoms with Gasteiger partial charge in [-0.1, -0.05) is 6.92 Å². The number of nitrogens with zero attached hydrogens (tertiary/aromatic N) is 2. The average molecular weight is 379 g/mol. The van der Waals surface area contributed by atoms with E-state index < -0.39 is 0 Å². The van der Waals surface area contributed by atoms with Crippen LogP contribution in [0.25, 0.3) is 0 Å². The number of aromatic nitrogens is 2. The summed E-state index contributed by atoms with van der Waals surface area (Å²) in [7, 11) is 0. The van der Waals surface area contributed by atoms with Crippen LogP contribution in [0, 0.1) is 12.3 Å². The first-order valence-corrected chi connectivity index (χ1v) is 10.0. The molecule has 2 fully saturated rings. The molecule has 1 aliphatic carbocycles. The fourth-order valence-electron chi connectivity index (χ4n) is 5.22. The van der Waals surface area contributed by atoms with Crippen LogP contribution >= 0.6 is 12.4 Å². The highest BCUT2D eigenvalue weighted by Gasteiger charge is 2.54. The average Bonchev–Trinajstić information content (AvgIpc) is 3.23. The molecule has 0 unspecified atom stereocenters. The van der Waals surface area contributed by atoms with Gasteiger partial charge in [0.15, 0.2) is 0 Å². The van der Waals surface area contributed by atoms with E-state index in [-0.39, 0.29) is 23.7 Å². The molecule has 3 atom stereocenters. The second-order valence-corrected chi connectivity index (χ2v) is 8.07. The molecule has 4 rings (SSSR count). The van der Waals surface area contributed by atoms with E-state index in [1.165, 1.54) is 30.5 Å². The SMILES string of the molecule is CC[C@@]1(C(=O)NCCc2nc(C)c3c(n2)CCCC3)C[C@@H]2CC[C@H]1N2.Cl. The summed E-state index contributed by atoms with van der Waals surface area (Å²) < 4.78 is 0. The van der Waals surface area contributed by atoms with Crippen LogP contribution in [0.1, 0.15) is 68.2 Å². The van der Waals surface area contributed by atoms with Gasteiger partial charge in [-0.15, -0.1) is 12.4 Å². The predicted octanol–water partition coefficient (Wildman–Crippen LogP) is 2.67. The molecule has 1 aromatic heterocycles. The zero-order valence-corrected chi connectivity index (χ0v) is 16.8. The highest BCUT2D eigenvalue weighted by molar-refractivity contribution is 5.85. The predicted molar refractivity (Wildman–Crippen MR) is 105 cm³/mol. The summed E-state index contributed by atoms with van der Waals surface area (Å²) in [6.45, 7) is 4.88. The van der Waals surface area contributed by atoms with Gasteiger partial charge in [-0.3, -0.25) is 4.79 Å². The summed E-state index contributed by atoms with van der Waals surface area (Å²) in [4.78, 5) is 22.3. The van der Waals surface area contributed by atoms with Gasteiger partial charge in [0.1, 0.15) is 5.82 Å². The van der Waals surface area contributed by atoms with Gasteiger partial charge >= 0.3 is 0 Å². The summed E-state index contributed by atoms with van der Waals surface area (Å²) in [5.74, 6) is 1.11. The van der Waals surface area contributed by atoms with E-state index >= 15 is 0 Å². The van der Waals surface area contributed by atoms with Crippen molar-refractivity contribution in [1.29, 1.82) is 0 Å². The lowest BCUT2D eigenvalue weighted by Gasteiger charge is -2.34. The summed E-state index contributed by atoms with van der Waals surface area (Å²) in [5, 5.41) is 6.81. The van der Waals surface area contributed by atoms with Crippen molar-refractivity contribution in [3.8, 4) is 0 Å². The Morgan fingerprint density at radius 2 is 2.08 bits per heavy atom. The van der Waals surface area contributed by atoms with Crippen molar-refractivity contribution in [1.82, 2.24) is 20.6 Å². The third kappa shape index (κ3) is 3.36. The molecule has 2 N–H and O–H groups in total. The van der Waals surface area contributed by atoms with E-state index in [4.69, 9.17) is 4.98 Å². The molecule has 3 aliphatic rings. The van der Waals surface area contributed by atoms with Crippen molar-refractivity contribution < 1.29 is 4.79 Å². The number of aryl methyl sites for hydroxylation is 2. The summed E-state index contributed by atoms with van der Waals surface area (Å²) in [5.41, 5.74) is 3.53. The molecule has 6 heteroatoms. The molecular weight excluding hydrogens is 348 g/mol. The Morgan fingerprint density at radius 1 is 1.27 bits per heavy atom. The molecule has 0 saturated carbocycles. The number of halogens is 1. The van der Waals surface area contributed by atoms with Crippen molar-refractivity contribution in [2.45, 2.75) is 83.7 Å². The van der Waals surface area contributed by atoms with Crippen LogP contribution in [0.2, 0.25) is 0 Å². The highest BCUT2D eigenvalue weighted by atomic mass is 35.5. The number of rotatable bonds is 5. The number of hydrogen-bond donors (Lipinski definition) is 2. The summed E-state index contributed by atoms with van der Waals surface area (Å²) >= 11 is 0. The molecule has 0 radical (unpaired) electrons. The van der Waals surface area contributed by atoms with Crippen LogP contribution in [0.5, 0.6) is 0 Å². The van der Waals surface area contributed by atoms with Crippen molar-refractivity contribution in [2.75, 3.05) is 6.54 Å². The van der Waals surface area contributed by atoms with Crippen molar-refractivity contribution in [3.05, 3.63) is 22.8 Å². The minimum atomic E-state index is -0.199. The minimum Gasteiger partial charge on any atom is -0.355 e. The van der Waals surface area contributed by atoms with Crippen molar-refractivity contribution >= 4 is 18.3 Å². The Kier molecular flexibility index (Phi) is 5.88. The quantitative estimate of drug-likeness (QED) is 0.826. The van der Waals surface area contributed by atoms with Gasteiger partial charge in [0, 0.05) is 36.4 Å². The Morgan fingerprint density at radius 3 is 2.77 bits per heavy atom. The third-order valence-corrected chi connectivity index (χ3v) is 6.67. The Balaban J connectivity index is 0.00000196. The number of carbonyl (C=O) groups is 1.